The molecule has 0 aliphatic heterocycles. The van der Waals surface area contributed by atoms with Gasteiger partial charge in [-0.3, -0.25) is 0 Å². The summed E-state index contributed by atoms with van der Waals surface area (Å²) < 4.78 is 25.5. The van der Waals surface area contributed by atoms with Gasteiger partial charge in [0.2, 0.25) is 0 Å². The third-order valence-electron chi connectivity index (χ3n) is 3.53. The van der Waals surface area contributed by atoms with Crippen LogP contribution in [-0.2, 0) is 6.42 Å². The standard InChI is InChI=1S/C18H20F2N2O/c1-13-4-2-5-14(8-10-21-18(23)22-11-9-19)17(13)15-6-3-7-16(20)12-15/h2-7,12H,8-11H2,1H3,(H2,21,22,23). The topological polar surface area (TPSA) is 41.1 Å². The molecule has 0 aromatic heterocycles. The molecule has 0 spiro atoms. The minimum absolute atomic E-state index is 0.00478. The highest BCUT2D eigenvalue weighted by Crippen LogP contribution is 2.28. The summed E-state index contributed by atoms with van der Waals surface area (Å²) >= 11 is 0. The maximum absolute atomic E-state index is 13.5. The molecule has 23 heavy (non-hydrogen) atoms. The Morgan fingerprint density at radius 1 is 1.09 bits per heavy atom. The second-order valence-electron chi connectivity index (χ2n) is 5.24. The number of halogens is 2. The Kier molecular flexibility index (Phi) is 6.09. The van der Waals surface area contributed by atoms with Gasteiger partial charge in [0.15, 0.2) is 0 Å². The van der Waals surface area contributed by atoms with Crippen LogP contribution in [0.2, 0.25) is 0 Å². The Labute approximate surface area is 134 Å². The van der Waals surface area contributed by atoms with Gasteiger partial charge in [0, 0.05) is 13.1 Å². The van der Waals surface area contributed by atoms with Crippen LogP contribution in [-0.4, -0.2) is 25.8 Å². The molecule has 5 heteroatoms. The first-order valence-corrected chi connectivity index (χ1v) is 7.54. The highest BCUT2D eigenvalue weighted by molar-refractivity contribution is 5.74. The van der Waals surface area contributed by atoms with Crippen LogP contribution >= 0.6 is 0 Å². The van der Waals surface area contributed by atoms with Crippen molar-refractivity contribution in [2.24, 2.45) is 0 Å². The van der Waals surface area contributed by atoms with E-state index >= 15 is 0 Å². The van der Waals surface area contributed by atoms with Crippen LogP contribution in [0.15, 0.2) is 42.5 Å². The Balaban J connectivity index is 2.11. The smallest absolute Gasteiger partial charge is 0.314 e. The summed E-state index contributed by atoms with van der Waals surface area (Å²) in [4.78, 5) is 11.4. The van der Waals surface area contributed by atoms with Crippen molar-refractivity contribution >= 4 is 6.03 Å². The van der Waals surface area contributed by atoms with Gasteiger partial charge < -0.3 is 10.6 Å². The highest BCUT2D eigenvalue weighted by Gasteiger charge is 2.09. The lowest BCUT2D eigenvalue weighted by atomic mass is 9.93. The minimum atomic E-state index is -0.588. The molecule has 2 aromatic rings. The maximum Gasteiger partial charge on any atom is 0.314 e. The average Bonchev–Trinajstić information content (AvgIpc) is 2.53. The number of hydrogen-bond acceptors (Lipinski definition) is 1. The lowest BCUT2D eigenvalue weighted by molar-refractivity contribution is 0.240. The summed E-state index contributed by atoms with van der Waals surface area (Å²) in [5, 5.41) is 5.09. The summed E-state index contributed by atoms with van der Waals surface area (Å²) in [6.45, 7) is 1.81. The third kappa shape index (κ3) is 4.77. The molecule has 122 valence electrons. The molecule has 2 rings (SSSR count). The number of rotatable bonds is 6. The molecule has 0 fully saturated rings. The van der Waals surface area contributed by atoms with E-state index in [1.54, 1.807) is 6.07 Å². The van der Waals surface area contributed by atoms with Crippen LogP contribution in [0, 0.1) is 12.7 Å². The summed E-state index contributed by atoms with van der Waals surface area (Å²) in [7, 11) is 0. The molecule has 0 heterocycles. The van der Waals surface area contributed by atoms with Crippen LogP contribution in [0.3, 0.4) is 0 Å². The van der Waals surface area contributed by atoms with Gasteiger partial charge in [-0.15, -0.1) is 0 Å². The number of carbonyl (C=O) groups is 1. The quantitative estimate of drug-likeness (QED) is 0.839. The molecule has 0 unspecified atom stereocenters. The van der Waals surface area contributed by atoms with Crippen LogP contribution in [0.25, 0.3) is 11.1 Å². The van der Waals surface area contributed by atoms with Crippen molar-refractivity contribution in [1.82, 2.24) is 10.6 Å². The largest absolute Gasteiger partial charge is 0.338 e. The van der Waals surface area contributed by atoms with Crippen LogP contribution in [0.1, 0.15) is 11.1 Å². The molecular weight excluding hydrogens is 298 g/mol. The number of hydrogen-bond donors (Lipinski definition) is 2. The van der Waals surface area contributed by atoms with E-state index in [2.05, 4.69) is 10.6 Å². The average molecular weight is 318 g/mol. The zero-order valence-corrected chi connectivity index (χ0v) is 13.0. The molecule has 3 nitrogen and oxygen atoms in total. The normalized spacial score (nSPS) is 10.4. The molecule has 2 aromatic carbocycles. The Morgan fingerprint density at radius 3 is 2.57 bits per heavy atom. The van der Waals surface area contributed by atoms with Gasteiger partial charge >= 0.3 is 6.03 Å². The van der Waals surface area contributed by atoms with Crippen molar-refractivity contribution in [3.8, 4) is 11.1 Å². The van der Waals surface area contributed by atoms with Gasteiger partial charge in [0.25, 0.3) is 0 Å². The van der Waals surface area contributed by atoms with Crippen LogP contribution in [0.4, 0.5) is 13.6 Å². The van der Waals surface area contributed by atoms with Gasteiger partial charge in [0.1, 0.15) is 12.5 Å². The van der Waals surface area contributed by atoms with Crippen molar-refractivity contribution in [2.75, 3.05) is 19.8 Å². The number of alkyl halides is 1. The van der Waals surface area contributed by atoms with E-state index in [0.29, 0.717) is 13.0 Å². The predicted octanol–water partition coefficient (Wildman–Crippen LogP) is 3.61. The monoisotopic (exact) mass is 318 g/mol. The van der Waals surface area contributed by atoms with Gasteiger partial charge in [-0.25, -0.2) is 13.6 Å². The molecule has 0 saturated carbocycles. The van der Waals surface area contributed by atoms with Crippen molar-refractivity contribution in [2.45, 2.75) is 13.3 Å². The van der Waals surface area contributed by atoms with Crippen LogP contribution < -0.4 is 10.6 Å². The molecule has 2 amide bonds. The fourth-order valence-corrected chi connectivity index (χ4v) is 2.53. The maximum atomic E-state index is 13.5. The number of nitrogens with one attached hydrogen (secondary N) is 2. The summed E-state index contributed by atoms with van der Waals surface area (Å²) in [6, 6.07) is 12.0. The Bertz CT molecular complexity index is 674. The zero-order chi connectivity index (χ0) is 16.7. The fraction of sp³-hybridized carbons (Fsp3) is 0.278. The van der Waals surface area contributed by atoms with E-state index in [1.165, 1.54) is 12.1 Å². The molecule has 0 aliphatic carbocycles. The van der Waals surface area contributed by atoms with Crippen molar-refractivity contribution in [3.05, 3.63) is 59.4 Å². The first kappa shape index (κ1) is 16.9. The number of amides is 2. The van der Waals surface area contributed by atoms with E-state index in [0.717, 1.165) is 22.3 Å². The minimum Gasteiger partial charge on any atom is -0.338 e. The third-order valence-corrected chi connectivity index (χ3v) is 3.53. The predicted molar refractivity (Wildman–Crippen MR) is 87.7 cm³/mol. The van der Waals surface area contributed by atoms with Crippen molar-refractivity contribution in [1.29, 1.82) is 0 Å². The van der Waals surface area contributed by atoms with Gasteiger partial charge in [-0.2, -0.15) is 0 Å². The first-order chi connectivity index (χ1) is 11.1. The van der Waals surface area contributed by atoms with Crippen molar-refractivity contribution in [3.63, 3.8) is 0 Å². The number of aryl methyl sites for hydroxylation is 1. The molecule has 0 saturated heterocycles. The molecule has 2 N–H and O–H groups in total. The van der Waals surface area contributed by atoms with Gasteiger partial charge in [-0.05, 0) is 47.7 Å². The molecule has 0 radical (unpaired) electrons. The van der Waals surface area contributed by atoms with E-state index in [4.69, 9.17) is 0 Å². The van der Waals surface area contributed by atoms with Crippen molar-refractivity contribution < 1.29 is 13.6 Å². The Hall–Kier alpha value is -2.43. The highest BCUT2D eigenvalue weighted by atomic mass is 19.1. The van der Waals surface area contributed by atoms with E-state index in [-0.39, 0.29) is 18.4 Å². The van der Waals surface area contributed by atoms with E-state index in [1.807, 2.05) is 31.2 Å². The van der Waals surface area contributed by atoms with Gasteiger partial charge in [-0.1, -0.05) is 30.3 Å². The molecular formula is C18H20F2N2O. The lowest BCUT2D eigenvalue weighted by Crippen LogP contribution is -2.37. The van der Waals surface area contributed by atoms with Gasteiger partial charge in [0.05, 0.1) is 0 Å². The summed E-state index contributed by atoms with van der Waals surface area (Å²) in [5.74, 6) is -0.277. The number of benzene rings is 2. The number of carbonyl (C=O) groups excluding carboxylic acids is 1. The fourth-order valence-electron chi connectivity index (χ4n) is 2.53. The van der Waals surface area contributed by atoms with E-state index < -0.39 is 6.67 Å². The molecule has 0 aliphatic rings. The number of urea groups is 1. The van der Waals surface area contributed by atoms with E-state index in [9.17, 15) is 13.6 Å². The zero-order valence-electron chi connectivity index (χ0n) is 13.0. The molecule has 0 atom stereocenters. The first-order valence-electron chi connectivity index (χ1n) is 7.54. The summed E-state index contributed by atoms with van der Waals surface area (Å²) in [5.41, 5.74) is 3.88. The molecule has 0 bridgehead atoms. The SMILES string of the molecule is Cc1cccc(CCNC(=O)NCCF)c1-c1cccc(F)c1. The lowest BCUT2D eigenvalue weighted by Gasteiger charge is -2.14. The van der Waals surface area contributed by atoms with Crippen LogP contribution in [0.5, 0.6) is 0 Å². The second kappa shape index (κ2) is 8.27. The second-order valence-corrected chi connectivity index (χ2v) is 5.24. The Morgan fingerprint density at radius 2 is 1.83 bits per heavy atom. The summed E-state index contributed by atoms with van der Waals surface area (Å²) in [6.07, 6.45) is 0.608.